The second kappa shape index (κ2) is 13.3. The van der Waals surface area contributed by atoms with E-state index in [1.54, 1.807) is 14.0 Å². The van der Waals surface area contributed by atoms with Crippen LogP contribution in [0.25, 0.3) is 0 Å². The zero-order valence-electron chi connectivity index (χ0n) is 13.3. The van der Waals surface area contributed by atoms with E-state index in [2.05, 4.69) is 26.5 Å². The summed E-state index contributed by atoms with van der Waals surface area (Å²) in [7, 11) is 0.642. The summed E-state index contributed by atoms with van der Waals surface area (Å²) in [5.41, 5.74) is 0. The molecule has 6 nitrogen and oxygen atoms in total. The molecule has 0 atom stereocenters. The lowest BCUT2D eigenvalue weighted by atomic mass is 10.3. The minimum absolute atomic E-state index is 0. The van der Waals surface area contributed by atoms with E-state index in [1.807, 2.05) is 13.1 Å². The van der Waals surface area contributed by atoms with Crippen LogP contribution in [0.1, 0.15) is 26.2 Å². The minimum atomic E-state index is -3.08. The Balaban J connectivity index is 0. The highest BCUT2D eigenvalue weighted by molar-refractivity contribution is 14.0. The summed E-state index contributed by atoms with van der Waals surface area (Å²) in [6.45, 7) is 7.37. The van der Waals surface area contributed by atoms with Gasteiger partial charge in [0, 0.05) is 33.7 Å². The first-order valence-electron chi connectivity index (χ1n) is 6.96. The molecule has 0 heterocycles. The number of halogens is 1. The van der Waals surface area contributed by atoms with Crippen molar-refractivity contribution in [2.45, 2.75) is 26.2 Å². The highest BCUT2D eigenvalue weighted by Gasteiger charge is 2.06. The Hall–Kier alpha value is -0.350. The number of nitrogens with zero attached hydrogens (tertiary/aromatic N) is 2. The molecule has 0 aromatic carbocycles. The molecule has 0 aliphatic heterocycles. The zero-order chi connectivity index (χ0) is 15.4. The number of rotatable bonds is 10. The summed E-state index contributed by atoms with van der Waals surface area (Å²) in [4.78, 5) is 6.25. The monoisotopic (exact) mass is 432 g/mol. The molecule has 0 amide bonds. The molecular formula is C13H29IN4O2S. The molecule has 0 aliphatic rings. The molecule has 2 N–H and O–H groups in total. The van der Waals surface area contributed by atoms with Crippen LogP contribution in [0, 0.1) is 0 Å². The van der Waals surface area contributed by atoms with Crippen molar-refractivity contribution in [2.75, 3.05) is 39.5 Å². The Morgan fingerprint density at radius 3 is 2.52 bits per heavy atom. The van der Waals surface area contributed by atoms with E-state index in [0.29, 0.717) is 13.1 Å². The van der Waals surface area contributed by atoms with E-state index in [-0.39, 0.29) is 29.7 Å². The van der Waals surface area contributed by atoms with Crippen molar-refractivity contribution in [3.63, 3.8) is 0 Å². The van der Waals surface area contributed by atoms with E-state index in [4.69, 9.17) is 0 Å². The number of hydrogen-bond donors (Lipinski definition) is 2. The van der Waals surface area contributed by atoms with Gasteiger partial charge in [-0.15, -0.1) is 30.6 Å². The first-order chi connectivity index (χ1) is 9.46. The van der Waals surface area contributed by atoms with Crippen LogP contribution in [0.15, 0.2) is 17.6 Å². The van der Waals surface area contributed by atoms with Crippen molar-refractivity contribution in [3.05, 3.63) is 12.7 Å². The number of unbranched alkanes of at least 4 members (excludes halogenated alkanes) is 1. The van der Waals surface area contributed by atoms with Gasteiger partial charge in [-0.1, -0.05) is 6.08 Å². The van der Waals surface area contributed by atoms with Crippen molar-refractivity contribution in [2.24, 2.45) is 4.99 Å². The third-order valence-corrected chi connectivity index (χ3v) is 4.22. The number of nitrogens with one attached hydrogen (secondary N) is 2. The van der Waals surface area contributed by atoms with Gasteiger partial charge in [0.25, 0.3) is 0 Å². The standard InChI is InChI=1S/C13H28N4O2S.HI/c1-5-7-8-12-17(4)13(14-3)15-10-9-11-16-20(18,19)6-2;/h5,16H,1,6-12H2,2-4H3,(H,14,15);1H. The van der Waals surface area contributed by atoms with E-state index in [1.165, 1.54) is 0 Å². The van der Waals surface area contributed by atoms with Crippen LogP contribution in [0.2, 0.25) is 0 Å². The first kappa shape index (κ1) is 22.9. The predicted octanol–water partition coefficient (Wildman–Crippen LogP) is 1.41. The molecule has 21 heavy (non-hydrogen) atoms. The molecule has 0 bridgehead atoms. The molecule has 0 saturated heterocycles. The maximum absolute atomic E-state index is 11.2. The van der Waals surface area contributed by atoms with Gasteiger partial charge in [0.1, 0.15) is 0 Å². The number of aliphatic imine (C=N–C) groups is 1. The van der Waals surface area contributed by atoms with Gasteiger partial charge in [0.2, 0.25) is 10.0 Å². The van der Waals surface area contributed by atoms with Crippen LogP contribution >= 0.6 is 24.0 Å². The van der Waals surface area contributed by atoms with Crippen LogP contribution < -0.4 is 10.0 Å². The van der Waals surface area contributed by atoms with Crippen LogP contribution in [-0.4, -0.2) is 58.8 Å². The molecular weight excluding hydrogens is 403 g/mol. The Bertz CT molecular complexity index is 399. The summed E-state index contributed by atoms with van der Waals surface area (Å²) in [6.07, 6.45) is 4.65. The number of guanidine groups is 1. The Morgan fingerprint density at radius 2 is 2.00 bits per heavy atom. The molecule has 126 valence electrons. The Labute approximate surface area is 146 Å². The van der Waals surface area contributed by atoms with Gasteiger partial charge in [-0.3, -0.25) is 4.99 Å². The number of hydrogen-bond acceptors (Lipinski definition) is 3. The SMILES string of the molecule is C=CCCCN(C)C(=NC)NCCCNS(=O)(=O)CC.I. The van der Waals surface area contributed by atoms with Crippen LogP contribution in [-0.2, 0) is 10.0 Å². The Kier molecular flexibility index (Phi) is 14.5. The molecule has 0 fully saturated rings. The van der Waals surface area contributed by atoms with Crippen LogP contribution in [0.3, 0.4) is 0 Å². The van der Waals surface area contributed by atoms with Gasteiger partial charge in [0.05, 0.1) is 5.75 Å². The molecule has 0 radical (unpaired) electrons. The lowest BCUT2D eigenvalue weighted by Crippen LogP contribution is -2.40. The summed E-state index contributed by atoms with van der Waals surface area (Å²) >= 11 is 0. The van der Waals surface area contributed by atoms with E-state index >= 15 is 0 Å². The second-order valence-electron chi connectivity index (χ2n) is 4.48. The van der Waals surface area contributed by atoms with Crippen LogP contribution in [0.4, 0.5) is 0 Å². The third-order valence-electron chi connectivity index (χ3n) is 2.81. The van der Waals surface area contributed by atoms with Crippen molar-refractivity contribution >= 4 is 40.0 Å². The molecule has 0 unspecified atom stereocenters. The summed E-state index contributed by atoms with van der Waals surface area (Å²) in [6, 6.07) is 0. The molecule has 0 spiro atoms. The third kappa shape index (κ3) is 11.9. The molecule has 0 aromatic heterocycles. The summed E-state index contributed by atoms with van der Waals surface area (Å²) in [5, 5.41) is 3.22. The smallest absolute Gasteiger partial charge is 0.211 e. The largest absolute Gasteiger partial charge is 0.356 e. The molecule has 0 aliphatic carbocycles. The van der Waals surface area contributed by atoms with E-state index in [9.17, 15) is 8.42 Å². The zero-order valence-corrected chi connectivity index (χ0v) is 16.4. The number of allylic oxidation sites excluding steroid dienone is 1. The van der Waals surface area contributed by atoms with Crippen molar-refractivity contribution in [1.29, 1.82) is 0 Å². The summed E-state index contributed by atoms with van der Waals surface area (Å²) in [5.74, 6) is 0.945. The van der Waals surface area contributed by atoms with Gasteiger partial charge in [0.15, 0.2) is 5.96 Å². The number of sulfonamides is 1. The van der Waals surface area contributed by atoms with Crippen molar-refractivity contribution in [1.82, 2.24) is 14.9 Å². The van der Waals surface area contributed by atoms with Crippen LogP contribution in [0.5, 0.6) is 0 Å². The fourth-order valence-electron chi connectivity index (χ4n) is 1.58. The van der Waals surface area contributed by atoms with E-state index < -0.39 is 10.0 Å². The lowest BCUT2D eigenvalue weighted by molar-refractivity contribution is 0.469. The average Bonchev–Trinajstić information content (AvgIpc) is 2.43. The topological polar surface area (TPSA) is 73.8 Å². The van der Waals surface area contributed by atoms with Gasteiger partial charge < -0.3 is 10.2 Å². The molecule has 0 rings (SSSR count). The first-order valence-corrected chi connectivity index (χ1v) is 8.62. The minimum Gasteiger partial charge on any atom is -0.356 e. The fourth-order valence-corrected chi connectivity index (χ4v) is 2.24. The maximum atomic E-state index is 11.2. The van der Waals surface area contributed by atoms with Crippen molar-refractivity contribution < 1.29 is 8.42 Å². The molecule has 0 aromatic rings. The highest BCUT2D eigenvalue weighted by Crippen LogP contribution is 1.94. The highest BCUT2D eigenvalue weighted by atomic mass is 127. The predicted molar refractivity (Wildman–Crippen MR) is 101 cm³/mol. The lowest BCUT2D eigenvalue weighted by Gasteiger charge is -2.21. The summed E-state index contributed by atoms with van der Waals surface area (Å²) < 4.78 is 25.0. The van der Waals surface area contributed by atoms with Crippen molar-refractivity contribution in [3.8, 4) is 0 Å². The second-order valence-corrected chi connectivity index (χ2v) is 6.57. The van der Waals surface area contributed by atoms with E-state index in [0.717, 1.165) is 31.8 Å². The average molecular weight is 432 g/mol. The van der Waals surface area contributed by atoms with Gasteiger partial charge in [-0.05, 0) is 26.2 Å². The molecule has 8 heteroatoms. The normalized spacial score (nSPS) is 11.7. The maximum Gasteiger partial charge on any atom is 0.211 e. The Morgan fingerprint density at radius 1 is 1.33 bits per heavy atom. The molecule has 0 saturated carbocycles. The quantitative estimate of drug-likeness (QED) is 0.180. The van der Waals surface area contributed by atoms with Gasteiger partial charge >= 0.3 is 0 Å². The van der Waals surface area contributed by atoms with Gasteiger partial charge in [-0.2, -0.15) is 0 Å². The fraction of sp³-hybridized carbons (Fsp3) is 0.769. The van der Waals surface area contributed by atoms with Gasteiger partial charge in [-0.25, -0.2) is 13.1 Å².